The molecule has 13 heteroatoms. The van der Waals surface area contributed by atoms with Crippen molar-refractivity contribution in [1.82, 2.24) is 19.7 Å². The number of nitrogens with zero attached hydrogens (tertiary/aromatic N) is 4. The number of imidazole rings is 1. The third-order valence-electron chi connectivity index (χ3n) is 3.15. The Bertz CT molecular complexity index is 1080. The van der Waals surface area contributed by atoms with Crippen LogP contribution in [0.25, 0.3) is 5.69 Å². The summed E-state index contributed by atoms with van der Waals surface area (Å²) in [4.78, 5) is 16.8. The van der Waals surface area contributed by atoms with Crippen molar-refractivity contribution in [1.29, 1.82) is 0 Å². The quantitative estimate of drug-likeness (QED) is 0.578. The van der Waals surface area contributed by atoms with E-state index < -0.39 is 21.7 Å². The van der Waals surface area contributed by atoms with E-state index in [0.29, 0.717) is 10.8 Å². The largest absolute Gasteiger partial charge is 0.295 e. The molecule has 1 amide bonds. The van der Waals surface area contributed by atoms with Gasteiger partial charge in [0.2, 0.25) is 20.3 Å². The molecule has 27 heavy (non-hydrogen) atoms. The van der Waals surface area contributed by atoms with E-state index in [2.05, 4.69) is 25.2 Å². The topological polar surface area (TPSA) is 119 Å². The number of hydrogen-bond donors (Lipinski definition) is 2. The number of halogens is 1. The van der Waals surface area contributed by atoms with E-state index in [-0.39, 0.29) is 16.0 Å². The molecule has 0 aliphatic rings. The summed E-state index contributed by atoms with van der Waals surface area (Å²) in [6.45, 7) is 0. The second-order valence-corrected chi connectivity index (χ2v) is 8.68. The fourth-order valence-electron chi connectivity index (χ4n) is 2.11. The minimum absolute atomic E-state index is 0.0321. The van der Waals surface area contributed by atoms with E-state index in [1.54, 1.807) is 10.8 Å². The lowest BCUT2D eigenvalue weighted by Crippen LogP contribution is -2.16. The van der Waals surface area contributed by atoms with Crippen molar-refractivity contribution in [2.24, 2.45) is 0 Å². The van der Waals surface area contributed by atoms with Gasteiger partial charge in [0.25, 0.3) is 5.91 Å². The van der Waals surface area contributed by atoms with Crippen LogP contribution in [0.15, 0.2) is 35.6 Å². The van der Waals surface area contributed by atoms with Gasteiger partial charge in [-0.15, -0.1) is 10.2 Å². The fraction of sp³-hybridized carbons (Fsp3) is 0.143. The lowest BCUT2D eigenvalue weighted by atomic mass is 10.3. The lowest BCUT2D eigenvalue weighted by molar-refractivity contribution is 0.102. The normalized spacial score (nSPS) is 11.4. The van der Waals surface area contributed by atoms with Crippen LogP contribution in [0.2, 0.25) is 0 Å². The maximum atomic E-state index is 13.2. The van der Waals surface area contributed by atoms with Gasteiger partial charge in [-0.25, -0.2) is 17.8 Å². The third-order valence-corrected chi connectivity index (χ3v) is 5.25. The summed E-state index contributed by atoms with van der Waals surface area (Å²) in [5.74, 6) is -0.912. The Labute approximate surface area is 162 Å². The number of hydrogen-bond acceptors (Lipinski definition) is 8. The van der Waals surface area contributed by atoms with Crippen LogP contribution in [0.4, 0.5) is 14.7 Å². The van der Waals surface area contributed by atoms with E-state index in [4.69, 9.17) is 0 Å². The molecule has 3 aromatic rings. The zero-order valence-electron chi connectivity index (χ0n) is 14.0. The fourth-order valence-corrected chi connectivity index (χ4v) is 4.13. The predicted molar refractivity (Wildman–Crippen MR) is 102 cm³/mol. The van der Waals surface area contributed by atoms with Gasteiger partial charge >= 0.3 is 0 Å². The number of benzene rings is 1. The highest BCUT2D eigenvalue weighted by Gasteiger charge is 2.19. The van der Waals surface area contributed by atoms with Crippen LogP contribution >= 0.6 is 23.1 Å². The standard InChI is InChI=1S/C14H13FN6O3S3/c1-25-14-16-7-10(21(14)9-5-3-8(15)4-6-9)11(22)17-12-18-19-13(26-12)20-27(2,23)24/h3-7H,1-2H3,(H,19,20)(H,17,18,22). The van der Waals surface area contributed by atoms with Gasteiger partial charge < -0.3 is 0 Å². The second kappa shape index (κ2) is 7.62. The number of amides is 1. The highest BCUT2D eigenvalue weighted by molar-refractivity contribution is 7.98. The van der Waals surface area contributed by atoms with Crippen LogP contribution in [0.5, 0.6) is 0 Å². The zero-order chi connectivity index (χ0) is 19.6. The zero-order valence-corrected chi connectivity index (χ0v) is 16.5. The summed E-state index contributed by atoms with van der Waals surface area (Å²) in [6, 6.07) is 5.64. The number of nitrogens with one attached hydrogen (secondary N) is 2. The number of anilines is 2. The number of carbonyl (C=O) groups excluding carboxylic acids is 1. The monoisotopic (exact) mass is 428 g/mol. The Morgan fingerprint density at radius 2 is 1.89 bits per heavy atom. The average molecular weight is 428 g/mol. The van der Waals surface area contributed by atoms with Crippen LogP contribution in [0, 0.1) is 5.82 Å². The van der Waals surface area contributed by atoms with Crippen molar-refractivity contribution in [3.05, 3.63) is 42.0 Å². The van der Waals surface area contributed by atoms with Gasteiger partial charge in [0.1, 0.15) is 11.5 Å². The van der Waals surface area contributed by atoms with E-state index in [1.807, 2.05) is 0 Å². The smallest absolute Gasteiger partial charge is 0.276 e. The molecule has 3 rings (SSSR count). The molecule has 0 saturated carbocycles. The number of thioether (sulfide) groups is 1. The molecule has 2 heterocycles. The summed E-state index contributed by atoms with van der Waals surface area (Å²) in [5, 5.41) is 10.6. The molecule has 0 fully saturated rings. The first-order valence-corrected chi connectivity index (χ1v) is 11.2. The Kier molecular flexibility index (Phi) is 5.43. The summed E-state index contributed by atoms with van der Waals surface area (Å²) < 4.78 is 39.4. The molecular weight excluding hydrogens is 415 g/mol. The Balaban J connectivity index is 1.87. The van der Waals surface area contributed by atoms with Crippen molar-refractivity contribution < 1.29 is 17.6 Å². The van der Waals surface area contributed by atoms with E-state index in [0.717, 1.165) is 17.6 Å². The van der Waals surface area contributed by atoms with E-state index in [9.17, 15) is 17.6 Å². The van der Waals surface area contributed by atoms with Crippen LogP contribution in [-0.2, 0) is 10.0 Å². The van der Waals surface area contributed by atoms with Crippen LogP contribution in [-0.4, -0.2) is 46.6 Å². The van der Waals surface area contributed by atoms with Crippen LogP contribution in [0.1, 0.15) is 10.5 Å². The first-order chi connectivity index (χ1) is 12.8. The molecule has 0 radical (unpaired) electrons. The molecule has 0 aliphatic carbocycles. The summed E-state index contributed by atoms with van der Waals surface area (Å²) in [6.07, 6.45) is 4.18. The van der Waals surface area contributed by atoms with Crippen LogP contribution in [0.3, 0.4) is 0 Å². The minimum atomic E-state index is -3.49. The van der Waals surface area contributed by atoms with Gasteiger partial charge in [-0.05, 0) is 30.5 Å². The SMILES string of the molecule is CSc1ncc(C(=O)Nc2nnc(NS(C)(=O)=O)s2)n1-c1ccc(F)cc1. The van der Waals surface area contributed by atoms with Gasteiger partial charge in [-0.3, -0.25) is 19.4 Å². The Morgan fingerprint density at radius 3 is 2.52 bits per heavy atom. The van der Waals surface area contributed by atoms with Crippen molar-refractivity contribution in [3.8, 4) is 5.69 Å². The number of aromatic nitrogens is 4. The Hall–Kier alpha value is -2.51. The molecule has 142 valence electrons. The van der Waals surface area contributed by atoms with Crippen molar-refractivity contribution in [3.63, 3.8) is 0 Å². The number of sulfonamides is 1. The second-order valence-electron chi connectivity index (χ2n) is 5.18. The molecule has 9 nitrogen and oxygen atoms in total. The molecule has 0 bridgehead atoms. The molecule has 0 unspecified atom stereocenters. The first kappa shape index (κ1) is 19.3. The number of carbonyl (C=O) groups is 1. The average Bonchev–Trinajstić information content (AvgIpc) is 3.20. The van der Waals surface area contributed by atoms with Crippen molar-refractivity contribution >= 4 is 49.3 Å². The molecule has 0 aliphatic heterocycles. The van der Waals surface area contributed by atoms with Crippen molar-refractivity contribution in [2.75, 3.05) is 22.6 Å². The van der Waals surface area contributed by atoms with Gasteiger partial charge in [-0.2, -0.15) is 0 Å². The van der Waals surface area contributed by atoms with Gasteiger partial charge in [0.15, 0.2) is 5.16 Å². The lowest BCUT2D eigenvalue weighted by Gasteiger charge is -2.10. The molecule has 2 aromatic heterocycles. The van der Waals surface area contributed by atoms with Gasteiger partial charge in [0, 0.05) is 5.69 Å². The molecule has 0 spiro atoms. The van der Waals surface area contributed by atoms with Gasteiger partial charge in [0.05, 0.1) is 12.5 Å². The van der Waals surface area contributed by atoms with E-state index >= 15 is 0 Å². The molecular formula is C14H13FN6O3S3. The summed E-state index contributed by atoms with van der Waals surface area (Å²) in [7, 11) is -3.49. The summed E-state index contributed by atoms with van der Waals surface area (Å²) in [5.41, 5.74) is 0.777. The maximum Gasteiger partial charge on any atom is 0.276 e. The Morgan fingerprint density at radius 1 is 1.22 bits per heavy atom. The molecule has 1 aromatic carbocycles. The van der Waals surface area contributed by atoms with Crippen molar-refractivity contribution in [2.45, 2.75) is 5.16 Å². The highest BCUT2D eigenvalue weighted by Crippen LogP contribution is 2.25. The molecule has 0 saturated heterocycles. The maximum absolute atomic E-state index is 13.2. The molecule has 2 N–H and O–H groups in total. The van der Waals surface area contributed by atoms with Gasteiger partial charge in [-0.1, -0.05) is 23.1 Å². The third kappa shape index (κ3) is 4.61. The predicted octanol–water partition coefficient (Wildman–Crippen LogP) is 2.21. The minimum Gasteiger partial charge on any atom is -0.295 e. The highest BCUT2D eigenvalue weighted by atomic mass is 32.2. The molecule has 0 atom stereocenters. The number of rotatable bonds is 6. The first-order valence-electron chi connectivity index (χ1n) is 7.27. The van der Waals surface area contributed by atoms with E-state index in [1.165, 1.54) is 42.2 Å². The van der Waals surface area contributed by atoms with Crippen LogP contribution < -0.4 is 10.0 Å². The summed E-state index contributed by atoms with van der Waals surface area (Å²) >= 11 is 2.20.